The minimum atomic E-state index is -0.279. The van der Waals surface area contributed by atoms with Crippen LogP contribution in [-0.4, -0.2) is 13.1 Å². The number of hydrogen-bond donors (Lipinski definition) is 0. The number of hydrogen-bond acceptors (Lipinski definition) is 2. The third-order valence-corrected chi connectivity index (χ3v) is 1.42. The summed E-state index contributed by atoms with van der Waals surface area (Å²) in [7, 11) is 0. The van der Waals surface area contributed by atoms with E-state index in [1.54, 1.807) is 24.3 Å². The molecule has 0 aliphatic heterocycles. The average molecular weight is 180 g/mol. The second-order valence-electron chi connectivity index (χ2n) is 2.39. The van der Waals surface area contributed by atoms with Crippen LogP contribution >= 0.6 is 0 Å². The molecule has 0 amide bonds. The van der Waals surface area contributed by atoms with Gasteiger partial charge in [-0.05, 0) is 23.8 Å². The Labute approximate surface area is 75.6 Å². The molecule has 0 N–H and O–H groups in total. The van der Waals surface area contributed by atoms with Gasteiger partial charge in [0.25, 0.3) is 6.47 Å². The van der Waals surface area contributed by atoms with Gasteiger partial charge in [-0.2, -0.15) is 0 Å². The highest BCUT2D eigenvalue weighted by Crippen LogP contribution is 2.04. The van der Waals surface area contributed by atoms with Crippen molar-refractivity contribution in [1.82, 2.24) is 0 Å². The van der Waals surface area contributed by atoms with Crippen LogP contribution in [0.3, 0.4) is 0 Å². The van der Waals surface area contributed by atoms with E-state index < -0.39 is 0 Å². The number of ether oxygens (including phenoxy) is 1. The number of rotatable bonds is 4. The summed E-state index contributed by atoms with van der Waals surface area (Å²) >= 11 is 0. The highest BCUT2D eigenvalue weighted by Gasteiger charge is 1.89. The van der Waals surface area contributed by atoms with Crippen LogP contribution in [0.4, 0.5) is 4.39 Å². The molecule has 0 aliphatic carbocycles. The molecular weight excluding hydrogens is 171 g/mol. The zero-order chi connectivity index (χ0) is 9.52. The third kappa shape index (κ3) is 3.51. The van der Waals surface area contributed by atoms with Crippen LogP contribution in [0.5, 0.6) is 0 Å². The molecule has 0 fully saturated rings. The third-order valence-electron chi connectivity index (χ3n) is 1.42. The van der Waals surface area contributed by atoms with E-state index in [1.807, 2.05) is 0 Å². The van der Waals surface area contributed by atoms with Crippen molar-refractivity contribution >= 4 is 12.5 Å². The molecule has 0 aliphatic rings. The molecular formula is C10H9FO2. The first-order valence-electron chi connectivity index (χ1n) is 3.80. The number of carbonyl (C=O) groups is 1. The molecule has 0 radical (unpaired) electrons. The van der Waals surface area contributed by atoms with Gasteiger partial charge < -0.3 is 4.74 Å². The monoisotopic (exact) mass is 180 g/mol. The highest BCUT2D eigenvalue weighted by atomic mass is 19.1. The normalized spacial score (nSPS) is 10.2. The highest BCUT2D eigenvalue weighted by molar-refractivity contribution is 5.49. The Hall–Kier alpha value is -1.64. The quantitative estimate of drug-likeness (QED) is 0.523. The molecule has 3 heteroatoms. The van der Waals surface area contributed by atoms with E-state index in [4.69, 9.17) is 0 Å². The zero-order valence-corrected chi connectivity index (χ0v) is 6.94. The van der Waals surface area contributed by atoms with E-state index in [0.717, 1.165) is 5.56 Å². The second kappa shape index (κ2) is 5.09. The Morgan fingerprint density at radius 3 is 3.00 bits per heavy atom. The van der Waals surface area contributed by atoms with E-state index in [0.29, 0.717) is 6.47 Å². The van der Waals surface area contributed by atoms with E-state index in [-0.39, 0.29) is 12.4 Å². The standard InChI is InChI=1S/C10H9FO2/c11-10-5-1-3-9(7-10)4-2-6-13-8-12/h1-5,7-8H,6H2. The Morgan fingerprint density at radius 2 is 2.31 bits per heavy atom. The van der Waals surface area contributed by atoms with Gasteiger partial charge in [-0.15, -0.1) is 0 Å². The smallest absolute Gasteiger partial charge is 0.293 e. The van der Waals surface area contributed by atoms with E-state index >= 15 is 0 Å². The summed E-state index contributed by atoms with van der Waals surface area (Å²) in [6, 6.07) is 6.16. The molecule has 1 rings (SSSR count). The van der Waals surface area contributed by atoms with Gasteiger partial charge in [-0.3, -0.25) is 4.79 Å². The van der Waals surface area contributed by atoms with Crippen molar-refractivity contribution in [2.45, 2.75) is 0 Å². The first-order chi connectivity index (χ1) is 6.33. The predicted octanol–water partition coefficient (Wildman–Crippen LogP) is 2.01. The van der Waals surface area contributed by atoms with Gasteiger partial charge in [-0.25, -0.2) is 4.39 Å². The Balaban J connectivity index is 2.53. The maximum absolute atomic E-state index is 12.6. The number of halogens is 1. The van der Waals surface area contributed by atoms with Gasteiger partial charge in [0, 0.05) is 0 Å². The minimum Gasteiger partial charge on any atom is -0.464 e. The molecule has 1 aromatic rings. The van der Waals surface area contributed by atoms with Crippen LogP contribution < -0.4 is 0 Å². The molecule has 0 saturated carbocycles. The summed E-state index contributed by atoms with van der Waals surface area (Å²) in [5.74, 6) is -0.279. The number of carbonyl (C=O) groups excluding carboxylic acids is 1. The average Bonchev–Trinajstić information content (AvgIpc) is 2.13. The molecule has 0 atom stereocenters. The lowest BCUT2D eigenvalue weighted by molar-refractivity contribution is -0.127. The summed E-state index contributed by atoms with van der Waals surface area (Å²) in [6.45, 7) is 0.579. The van der Waals surface area contributed by atoms with Gasteiger partial charge in [0.2, 0.25) is 0 Å². The summed E-state index contributed by atoms with van der Waals surface area (Å²) in [6.07, 6.45) is 3.33. The lowest BCUT2D eigenvalue weighted by atomic mass is 10.2. The first kappa shape index (κ1) is 9.45. The van der Waals surface area contributed by atoms with E-state index in [2.05, 4.69) is 4.74 Å². The largest absolute Gasteiger partial charge is 0.464 e. The topological polar surface area (TPSA) is 26.3 Å². The molecule has 0 heterocycles. The fourth-order valence-corrected chi connectivity index (χ4v) is 0.889. The minimum absolute atomic E-state index is 0.208. The van der Waals surface area contributed by atoms with Crippen molar-refractivity contribution in [2.75, 3.05) is 6.61 Å². The van der Waals surface area contributed by atoms with Crippen molar-refractivity contribution in [3.8, 4) is 0 Å². The van der Waals surface area contributed by atoms with Crippen LogP contribution in [0.25, 0.3) is 6.08 Å². The van der Waals surface area contributed by atoms with E-state index in [1.165, 1.54) is 12.1 Å². The van der Waals surface area contributed by atoms with Crippen molar-refractivity contribution in [1.29, 1.82) is 0 Å². The van der Waals surface area contributed by atoms with Crippen LogP contribution in [0.2, 0.25) is 0 Å². The van der Waals surface area contributed by atoms with Crippen molar-refractivity contribution < 1.29 is 13.9 Å². The summed E-state index contributed by atoms with van der Waals surface area (Å²) < 4.78 is 17.0. The fraction of sp³-hybridized carbons (Fsp3) is 0.100. The molecule has 13 heavy (non-hydrogen) atoms. The molecule has 0 unspecified atom stereocenters. The summed E-state index contributed by atoms with van der Waals surface area (Å²) in [5.41, 5.74) is 0.745. The summed E-state index contributed by atoms with van der Waals surface area (Å²) in [5, 5.41) is 0. The van der Waals surface area contributed by atoms with Crippen molar-refractivity contribution in [3.05, 3.63) is 41.7 Å². The van der Waals surface area contributed by atoms with Gasteiger partial charge in [0.05, 0.1) is 0 Å². The molecule has 68 valence electrons. The SMILES string of the molecule is O=COCC=Cc1cccc(F)c1. The molecule has 1 aromatic carbocycles. The zero-order valence-electron chi connectivity index (χ0n) is 6.94. The molecule has 2 nitrogen and oxygen atoms in total. The first-order valence-corrected chi connectivity index (χ1v) is 3.80. The molecule has 0 spiro atoms. The van der Waals surface area contributed by atoms with E-state index in [9.17, 15) is 9.18 Å². The Morgan fingerprint density at radius 1 is 1.46 bits per heavy atom. The van der Waals surface area contributed by atoms with Crippen LogP contribution in [0.1, 0.15) is 5.56 Å². The number of benzene rings is 1. The second-order valence-corrected chi connectivity index (χ2v) is 2.39. The van der Waals surface area contributed by atoms with Crippen LogP contribution in [0.15, 0.2) is 30.3 Å². The van der Waals surface area contributed by atoms with Crippen molar-refractivity contribution in [2.24, 2.45) is 0 Å². The molecule has 0 aromatic heterocycles. The molecule has 0 saturated heterocycles. The van der Waals surface area contributed by atoms with Gasteiger partial charge in [0.1, 0.15) is 12.4 Å². The maximum Gasteiger partial charge on any atom is 0.293 e. The fourth-order valence-electron chi connectivity index (χ4n) is 0.889. The summed E-state index contributed by atoms with van der Waals surface area (Å²) in [4.78, 5) is 9.75. The maximum atomic E-state index is 12.6. The Bertz CT molecular complexity index is 308. The van der Waals surface area contributed by atoms with Crippen LogP contribution in [0, 0.1) is 5.82 Å². The predicted molar refractivity (Wildman–Crippen MR) is 47.5 cm³/mol. The Kier molecular flexibility index (Phi) is 3.70. The van der Waals surface area contributed by atoms with Gasteiger partial charge in [0.15, 0.2) is 0 Å². The van der Waals surface area contributed by atoms with Crippen LogP contribution in [-0.2, 0) is 9.53 Å². The lowest BCUT2D eigenvalue weighted by Crippen LogP contribution is -1.85. The van der Waals surface area contributed by atoms with Gasteiger partial charge in [-0.1, -0.05) is 18.2 Å². The van der Waals surface area contributed by atoms with Gasteiger partial charge >= 0.3 is 0 Å². The van der Waals surface area contributed by atoms with Crippen molar-refractivity contribution in [3.63, 3.8) is 0 Å². The molecule has 0 bridgehead atoms. The lowest BCUT2D eigenvalue weighted by Gasteiger charge is -1.93.